The number of carbonyl (C=O) groups is 2. The molecule has 2 fully saturated rings. The van der Waals surface area contributed by atoms with Crippen molar-refractivity contribution in [3.05, 3.63) is 35.4 Å². The molecule has 24 heavy (non-hydrogen) atoms. The molecule has 5 heteroatoms. The average molecular weight is 330 g/mol. The summed E-state index contributed by atoms with van der Waals surface area (Å²) in [5.41, 5.74) is 7.32. The largest absolute Gasteiger partial charge is 0.381 e. The molecule has 1 aromatic rings. The van der Waals surface area contributed by atoms with Crippen molar-refractivity contribution in [1.82, 2.24) is 5.32 Å². The number of primary amides is 1. The lowest BCUT2D eigenvalue weighted by atomic mass is 9.80. The van der Waals surface area contributed by atoms with Gasteiger partial charge in [0.2, 0.25) is 5.91 Å². The Hall–Kier alpha value is -1.88. The first-order valence-corrected chi connectivity index (χ1v) is 8.90. The van der Waals surface area contributed by atoms with Crippen molar-refractivity contribution in [2.75, 3.05) is 13.2 Å². The van der Waals surface area contributed by atoms with Crippen molar-refractivity contribution in [3.63, 3.8) is 0 Å². The van der Waals surface area contributed by atoms with Crippen LogP contribution in [-0.2, 0) is 9.53 Å². The second kappa shape index (κ2) is 7.79. The molecule has 130 valence electrons. The molecule has 5 nitrogen and oxygen atoms in total. The van der Waals surface area contributed by atoms with Crippen molar-refractivity contribution in [2.45, 2.75) is 50.5 Å². The van der Waals surface area contributed by atoms with E-state index in [0.29, 0.717) is 24.7 Å². The molecule has 2 amide bonds. The molecule has 1 saturated heterocycles. The third kappa shape index (κ3) is 4.15. The van der Waals surface area contributed by atoms with Gasteiger partial charge in [0.25, 0.3) is 5.91 Å². The van der Waals surface area contributed by atoms with E-state index >= 15 is 0 Å². The summed E-state index contributed by atoms with van der Waals surface area (Å²) in [5.74, 6) is 0.386. The lowest BCUT2D eigenvalue weighted by molar-refractivity contribution is -0.118. The summed E-state index contributed by atoms with van der Waals surface area (Å²) in [4.78, 5) is 23.9. The van der Waals surface area contributed by atoms with Crippen LogP contribution in [0.5, 0.6) is 0 Å². The standard InChI is InChI=1S/C19H26N2O3/c20-18(22)12-17(15-8-10-24-11-9-15)21-19(23)16-6-4-14(5-7-16)13-2-1-3-13/h4-7,13,15,17H,1-3,8-12H2,(H2,20,22)(H,21,23). The predicted octanol–water partition coefficient (Wildman–Crippen LogP) is 2.35. The summed E-state index contributed by atoms with van der Waals surface area (Å²) < 4.78 is 5.37. The Bertz CT molecular complexity index is 575. The third-order valence-corrected chi connectivity index (χ3v) is 5.32. The van der Waals surface area contributed by atoms with Gasteiger partial charge in [-0.05, 0) is 55.2 Å². The summed E-state index contributed by atoms with van der Waals surface area (Å²) in [6.45, 7) is 1.35. The fraction of sp³-hybridized carbons (Fsp3) is 0.579. The molecule has 0 aromatic heterocycles. The van der Waals surface area contributed by atoms with Crippen LogP contribution < -0.4 is 11.1 Å². The van der Waals surface area contributed by atoms with Crippen molar-refractivity contribution in [3.8, 4) is 0 Å². The van der Waals surface area contributed by atoms with Gasteiger partial charge in [0.05, 0.1) is 0 Å². The highest BCUT2D eigenvalue weighted by Crippen LogP contribution is 2.36. The van der Waals surface area contributed by atoms with Gasteiger partial charge in [-0.3, -0.25) is 9.59 Å². The van der Waals surface area contributed by atoms with E-state index in [2.05, 4.69) is 17.4 Å². The molecule has 1 aromatic carbocycles. The van der Waals surface area contributed by atoms with Gasteiger partial charge in [-0.15, -0.1) is 0 Å². The van der Waals surface area contributed by atoms with Crippen LogP contribution in [0.2, 0.25) is 0 Å². The monoisotopic (exact) mass is 330 g/mol. The predicted molar refractivity (Wildman–Crippen MR) is 91.6 cm³/mol. The smallest absolute Gasteiger partial charge is 0.251 e. The minimum Gasteiger partial charge on any atom is -0.381 e. The zero-order chi connectivity index (χ0) is 16.9. The lowest BCUT2D eigenvalue weighted by Crippen LogP contribution is -2.44. The van der Waals surface area contributed by atoms with Crippen LogP contribution in [0.25, 0.3) is 0 Å². The summed E-state index contributed by atoms with van der Waals surface area (Å²) in [7, 11) is 0. The van der Waals surface area contributed by atoms with Gasteiger partial charge >= 0.3 is 0 Å². The van der Waals surface area contributed by atoms with E-state index in [9.17, 15) is 9.59 Å². The van der Waals surface area contributed by atoms with Gasteiger partial charge < -0.3 is 15.8 Å². The maximum Gasteiger partial charge on any atom is 0.251 e. The van der Waals surface area contributed by atoms with E-state index in [4.69, 9.17) is 10.5 Å². The Morgan fingerprint density at radius 2 is 1.79 bits per heavy atom. The molecule has 1 heterocycles. The number of hydrogen-bond donors (Lipinski definition) is 2. The molecule has 1 aliphatic carbocycles. The lowest BCUT2D eigenvalue weighted by Gasteiger charge is -2.30. The van der Waals surface area contributed by atoms with E-state index in [1.165, 1.54) is 24.8 Å². The van der Waals surface area contributed by atoms with Crippen molar-refractivity contribution in [2.24, 2.45) is 11.7 Å². The van der Waals surface area contributed by atoms with Crippen LogP contribution in [-0.4, -0.2) is 31.1 Å². The maximum absolute atomic E-state index is 12.5. The zero-order valence-corrected chi connectivity index (χ0v) is 14.0. The highest BCUT2D eigenvalue weighted by molar-refractivity contribution is 5.94. The van der Waals surface area contributed by atoms with Crippen LogP contribution in [0.15, 0.2) is 24.3 Å². The fourth-order valence-electron chi connectivity index (χ4n) is 3.57. The quantitative estimate of drug-likeness (QED) is 0.840. The topological polar surface area (TPSA) is 81.4 Å². The molecule has 0 radical (unpaired) electrons. The van der Waals surface area contributed by atoms with E-state index in [0.717, 1.165) is 12.8 Å². The Morgan fingerprint density at radius 3 is 2.33 bits per heavy atom. The number of ether oxygens (including phenoxy) is 1. The molecular weight excluding hydrogens is 304 g/mol. The summed E-state index contributed by atoms with van der Waals surface area (Å²) in [6, 6.07) is 7.65. The first-order valence-electron chi connectivity index (χ1n) is 8.90. The normalized spacial score (nSPS) is 20.2. The van der Waals surface area contributed by atoms with Gasteiger partial charge in [-0.2, -0.15) is 0 Å². The second-order valence-corrected chi connectivity index (χ2v) is 6.95. The minimum atomic E-state index is -0.382. The number of benzene rings is 1. The molecule has 0 spiro atoms. The zero-order valence-electron chi connectivity index (χ0n) is 14.0. The second-order valence-electron chi connectivity index (χ2n) is 6.95. The summed E-state index contributed by atoms with van der Waals surface area (Å²) in [6.07, 6.45) is 5.66. The number of hydrogen-bond acceptors (Lipinski definition) is 3. The molecule has 1 unspecified atom stereocenters. The van der Waals surface area contributed by atoms with Gasteiger partial charge in [0.1, 0.15) is 0 Å². The molecule has 1 aliphatic heterocycles. The third-order valence-electron chi connectivity index (χ3n) is 5.32. The highest BCUT2D eigenvalue weighted by atomic mass is 16.5. The van der Waals surface area contributed by atoms with E-state index in [1.807, 2.05) is 12.1 Å². The van der Waals surface area contributed by atoms with E-state index < -0.39 is 0 Å². The maximum atomic E-state index is 12.5. The summed E-state index contributed by atoms with van der Waals surface area (Å²) >= 11 is 0. The molecule has 2 aliphatic rings. The van der Waals surface area contributed by atoms with Gasteiger partial charge in [0.15, 0.2) is 0 Å². The van der Waals surface area contributed by atoms with Crippen molar-refractivity contribution < 1.29 is 14.3 Å². The first kappa shape index (κ1) is 17.0. The number of carbonyl (C=O) groups excluding carboxylic acids is 2. The highest BCUT2D eigenvalue weighted by Gasteiger charge is 2.27. The number of nitrogens with one attached hydrogen (secondary N) is 1. The average Bonchev–Trinajstić information content (AvgIpc) is 2.53. The van der Waals surface area contributed by atoms with Crippen LogP contribution >= 0.6 is 0 Å². The first-order chi connectivity index (χ1) is 11.6. The van der Waals surface area contributed by atoms with Crippen LogP contribution in [0.1, 0.15) is 60.4 Å². The Kier molecular flexibility index (Phi) is 5.51. The Labute approximate surface area is 142 Å². The fourth-order valence-corrected chi connectivity index (χ4v) is 3.57. The number of rotatable bonds is 6. The number of nitrogens with two attached hydrogens (primary N) is 1. The Balaban J connectivity index is 1.64. The molecule has 0 bridgehead atoms. The molecule has 1 saturated carbocycles. The van der Waals surface area contributed by atoms with Crippen LogP contribution in [0.4, 0.5) is 0 Å². The van der Waals surface area contributed by atoms with Gasteiger partial charge in [0, 0.05) is 31.2 Å². The molecular formula is C19H26N2O3. The van der Waals surface area contributed by atoms with Crippen molar-refractivity contribution >= 4 is 11.8 Å². The van der Waals surface area contributed by atoms with E-state index in [-0.39, 0.29) is 30.2 Å². The Morgan fingerprint density at radius 1 is 1.12 bits per heavy atom. The number of amides is 2. The van der Waals surface area contributed by atoms with Gasteiger partial charge in [-0.1, -0.05) is 18.6 Å². The van der Waals surface area contributed by atoms with E-state index in [1.54, 1.807) is 0 Å². The molecule has 3 N–H and O–H groups in total. The van der Waals surface area contributed by atoms with Crippen molar-refractivity contribution in [1.29, 1.82) is 0 Å². The van der Waals surface area contributed by atoms with Gasteiger partial charge in [-0.25, -0.2) is 0 Å². The minimum absolute atomic E-state index is 0.132. The SMILES string of the molecule is NC(=O)CC(NC(=O)c1ccc(C2CCC2)cc1)C1CCOCC1. The summed E-state index contributed by atoms with van der Waals surface area (Å²) in [5, 5.41) is 3.02. The van der Waals surface area contributed by atoms with Crippen LogP contribution in [0.3, 0.4) is 0 Å². The van der Waals surface area contributed by atoms with Crippen LogP contribution in [0, 0.1) is 5.92 Å². The molecule has 1 atom stereocenters. The molecule has 3 rings (SSSR count).